The van der Waals surface area contributed by atoms with E-state index in [9.17, 15) is 4.79 Å². The van der Waals surface area contributed by atoms with Crippen LogP contribution in [0.25, 0.3) is 0 Å². The predicted molar refractivity (Wildman–Crippen MR) is 73.1 cm³/mol. The van der Waals surface area contributed by atoms with Crippen molar-refractivity contribution in [2.45, 2.75) is 40.4 Å². The molecule has 0 fully saturated rings. The maximum absolute atomic E-state index is 11.8. The number of nitrogens with one attached hydrogen (secondary N) is 1. The number of anilines is 1. The molecule has 94 valence electrons. The third-order valence-corrected chi connectivity index (χ3v) is 3.83. The summed E-state index contributed by atoms with van der Waals surface area (Å²) >= 11 is 0. The zero-order chi connectivity index (χ0) is 13.3. The zero-order valence-electron chi connectivity index (χ0n) is 11.5. The largest absolute Gasteiger partial charge is 0.310 e. The second-order valence-corrected chi connectivity index (χ2v) is 11.2. The van der Waals surface area contributed by atoms with Crippen molar-refractivity contribution in [3.8, 4) is 0 Å². The van der Waals surface area contributed by atoms with Crippen LogP contribution in [-0.4, -0.2) is 23.9 Å². The number of rotatable bonds is 2. The number of carbonyl (C=O) groups is 1. The molecule has 0 aromatic carbocycles. The highest BCUT2D eigenvalue weighted by Gasteiger charge is 2.23. The fourth-order valence-electron chi connectivity index (χ4n) is 1.09. The molecule has 0 saturated heterocycles. The van der Waals surface area contributed by atoms with Gasteiger partial charge < -0.3 is 5.32 Å². The van der Waals surface area contributed by atoms with Gasteiger partial charge >= 0.3 is 0 Å². The Balaban J connectivity index is 2.91. The molecule has 1 rings (SSSR count). The van der Waals surface area contributed by atoms with Crippen LogP contribution in [0.1, 0.15) is 20.8 Å². The molecule has 5 heteroatoms. The highest BCUT2D eigenvalue weighted by molar-refractivity contribution is 6.87. The summed E-state index contributed by atoms with van der Waals surface area (Å²) in [5, 5.41) is 2.83. The fraction of sp³-hybridized carbons (Fsp3) is 0.583. The zero-order valence-corrected chi connectivity index (χ0v) is 12.5. The van der Waals surface area contributed by atoms with Gasteiger partial charge in [-0.05, 0) is 6.07 Å². The Morgan fingerprint density at radius 3 is 2.35 bits per heavy atom. The quantitative estimate of drug-likeness (QED) is 0.818. The summed E-state index contributed by atoms with van der Waals surface area (Å²) in [4.78, 5) is 20.5. The average molecular weight is 251 g/mol. The Kier molecular flexibility index (Phi) is 3.71. The Morgan fingerprint density at radius 1 is 1.29 bits per heavy atom. The Labute approximate surface area is 104 Å². The van der Waals surface area contributed by atoms with E-state index in [1.165, 1.54) is 0 Å². The number of aromatic nitrogens is 2. The van der Waals surface area contributed by atoms with E-state index in [1.807, 2.05) is 20.8 Å². The topological polar surface area (TPSA) is 54.9 Å². The molecule has 0 aliphatic heterocycles. The number of carbonyl (C=O) groups excluding carboxylic acids is 1. The summed E-state index contributed by atoms with van der Waals surface area (Å²) in [5.41, 5.74) is 0.453. The van der Waals surface area contributed by atoms with Crippen LogP contribution in [0.5, 0.6) is 0 Å². The first kappa shape index (κ1) is 13.8. The van der Waals surface area contributed by atoms with E-state index in [0.717, 1.165) is 5.45 Å². The van der Waals surface area contributed by atoms with E-state index in [0.29, 0.717) is 5.82 Å². The predicted octanol–water partition coefficient (Wildman–Crippen LogP) is 2.01. The standard InChI is InChI=1S/C12H21N3OSi/c1-12(2,3)10(16)14-9-7-8-13-11(15-9)17(4,5)6/h7-8H,1-6H3,(H,13,14,15,16). The van der Waals surface area contributed by atoms with Crippen LogP contribution in [0.2, 0.25) is 19.6 Å². The molecule has 0 spiro atoms. The van der Waals surface area contributed by atoms with Crippen molar-refractivity contribution in [2.24, 2.45) is 5.41 Å². The van der Waals surface area contributed by atoms with Crippen LogP contribution < -0.4 is 10.8 Å². The fourth-order valence-corrected chi connectivity index (χ4v) is 2.01. The summed E-state index contributed by atoms with van der Waals surface area (Å²) < 4.78 is 0. The van der Waals surface area contributed by atoms with Gasteiger partial charge in [-0.3, -0.25) is 4.79 Å². The molecule has 4 nitrogen and oxygen atoms in total. The van der Waals surface area contributed by atoms with Crippen molar-refractivity contribution in [3.63, 3.8) is 0 Å². The summed E-state index contributed by atoms with van der Waals surface area (Å²) in [6.45, 7) is 12.2. The van der Waals surface area contributed by atoms with Gasteiger partial charge in [0.25, 0.3) is 0 Å². The highest BCUT2D eigenvalue weighted by Crippen LogP contribution is 2.15. The molecule has 17 heavy (non-hydrogen) atoms. The van der Waals surface area contributed by atoms with Gasteiger partial charge in [-0.15, -0.1) is 0 Å². The smallest absolute Gasteiger partial charge is 0.230 e. The van der Waals surface area contributed by atoms with E-state index >= 15 is 0 Å². The summed E-state index contributed by atoms with van der Waals surface area (Å²) in [6, 6.07) is 1.73. The number of hydrogen-bond acceptors (Lipinski definition) is 3. The van der Waals surface area contributed by atoms with Gasteiger partial charge in [0.2, 0.25) is 5.91 Å². The van der Waals surface area contributed by atoms with Gasteiger partial charge in [-0.25, -0.2) is 9.97 Å². The lowest BCUT2D eigenvalue weighted by molar-refractivity contribution is -0.123. The van der Waals surface area contributed by atoms with Crippen molar-refractivity contribution < 1.29 is 4.79 Å². The van der Waals surface area contributed by atoms with Crippen LogP contribution in [0.15, 0.2) is 12.3 Å². The molecule has 0 bridgehead atoms. The number of hydrogen-bond donors (Lipinski definition) is 1. The van der Waals surface area contributed by atoms with E-state index in [-0.39, 0.29) is 5.91 Å². The molecule has 0 aliphatic rings. The Bertz CT molecular complexity index is 418. The summed E-state index contributed by atoms with van der Waals surface area (Å²) in [7, 11) is -1.54. The van der Waals surface area contributed by atoms with Crippen LogP contribution in [0.4, 0.5) is 5.82 Å². The van der Waals surface area contributed by atoms with Crippen molar-refractivity contribution in [1.82, 2.24) is 9.97 Å². The monoisotopic (exact) mass is 251 g/mol. The Hall–Kier alpha value is -1.23. The van der Waals surface area contributed by atoms with Crippen molar-refractivity contribution in [3.05, 3.63) is 12.3 Å². The molecule has 0 saturated carbocycles. The number of amides is 1. The third-order valence-electron chi connectivity index (χ3n) is 2.25. The van der Waals surface area contributed by atoms with Gasteiger partial charge in [0.05, 0.1) is 0 Å². The van der Waals surface area contributed by atoms with Crippen LogP contribution in [0, 0.1) is 5.41 Å². The lowest BCUT2D eigenvalue weighted by Gasteiger charge is -2.19. The van der Waals surface area contributed by atoms with Crippen molar-refractivity contribution in [2.75, 3.05) is 5.32 Å². The molecule has 0 atom stereocenters. The van der Waals surface area contributed by atoms with Gasteiger partial charge in [0.15, 0.2) is 0 Å². The molecule has 1 heterocycles. The molecular formula is C12H21N3OSi. The van der Waals surface area contributed by atoms with E-state index < -0.39 is 13.5 Å². The van der Waals surface area contributed by atoms with Gasteiger partial charge in [0.1, 0.15) is 19.3 Å². The Morgan fingerprint density at radius 2 is 1.88 bits per heavy atom. The van der Waals surface area contributed by atoms with Gasteiger partial charge in [0, 0.05) is 11.6 Å². The van der Waals surface area contributed by atoms with Gasteiger partial charge in [-0.2, -0.15) is 0 Å². The summed E-state index contributed by atoms with van der Waals surface area (Å²) in [5.74, 6) is 0.565. The second-order valence-electron chi connectivity index (χ2n) is 6.22. The van der Waals surface area contributed by atoms with Crippen LogP contribution in [-0.2, 0) is 4.79 Å². The van der Waals surface area contributed by atoms with Crippen LogP contribution in [0.3, 0.4) is 0 Å². The minimum atomic E-state index is -1.54. The van der Waals surface area contributed by atoms with E-state index in [1.54, 1.807) is 12.3 Å². The second kappa shape index (κ2) is 4.56. The van der Waals surface area contributed by atoms with Gasteiger partial charge in [-0.1, -0.05) is 40.4 Å². The lowest BCUT2D eigenvalue weighted by Crippen LogP contribution is -2.42. The first-order valence-corrected chi connectivity index (χ1v) is 9.26. The molecular weight excluding hydrogens is 230 g/mol. The SMILES string of the molecule is CC(C)(C)C(=O)Nc1ccnc([Si](C)(C)C)n1. The van der Waals surface area contributed by atoms with E-state index in [4.69, 9.17) is 0 Å². The van der Waals surface area contributed by atoms with Crippen molar-refractivity contribution in [1.29, 1.82) is 0 Å². The van der Waals surface area contributed by atoms with Crippen molar-refractivity contribution >= 4 is 25.2 Å². The maximum atomic E-state index is 11.8. The minimum Gasteiger partial charge on any atom is -0.310 e. The highest BCUT2D eigenvalue weighted by atomic mass is 28.3. The first-order valence-electron chi connectivity index (χ1n) is 5.76. The molecule has 1 amide bonds. The third kappa shape index (κ3) is 3.92. The molecule has 0 radical (unpaired) electrons. The molecule has 0 aliphatic carbocycles. The molecule has 1 aromatic heterocycles. The minimum absolute atomic E-state index is 0.0299. The normalized spacial score (nSPS) is 12.4. The van der Waals surface area contributed by atoms with Crippen LogP contribution >= 0.6 is 0 Å². The molecule has 1 aromatic rings. The molecule has 0 unspecified atom stereocenters. The summed E-state index contributed by atoms with van der Waals surface area (Å²) in [6.07, 6.45) is 1.71. The van der Waals surface area contributed by atoms with E-state index in [2.05, 4.69) is 34.9 Å². The average Bonchev–Trinajstić information content (AvgIpc) is 2.15. The number of nitrogens with zero attached hydrogens (tertiary/aromatic N) is 2. The lowest BCUT2D eigenvalue weighted by atomic mass is 9.96. The first-order chi connectivity index (χ1) is 7.60. The molecule has 1 N–H and O–H groups in total. The maximum Gasteiger partial charge on any atom is 0.230 e.